The molecule has 224 valence electrons. The molecule has 9 nitrogen and oxygen atoms in total. The third-order valence-corrected chi connectivity index (χ3v) is 13.5. The lowest BCUT2D eigenvalue weighted by Crippen LogP contribution is -2.61. The predicted molar refractivity (Wildman–Crippen MR) is 156 cm³/mol. The van der Waals surface area contributed by atoms with Crippen LogP contribution in [-0.2, 0) is 0 Å². The van der Waals surface area contributed by atoms with Crippen molar-refractivity contribution in [3.05, 3.63) is 0 Å². The number of rotatable bonds is 0. The Labute approximate surface area is 241 Å². The van der Waals surface area contributed by atoms with Crippen molar-refractivity contribution in [2.45, 2.75) is 133 Å². The average molecular weight is 554 g/mol. The summed E-state index contributed by atoms with van der Waals surface area (Å²) in [5.41, 5.74) is 0. The topological polar surface area (TPSA) is 108 Å². The highest BCUT2D eigenvalue weighted by atomic mass is 15.4. The van der Waals surface area contributed by atoms with E-state index >= 15 is 0 Å². The largest absolute Gasteiger partial charge is 0.316 e. The smallest absolute Gasteiger partial charge is 0.0640 e. The van der Waals surface area contributed by atoms with Crippen molar-refractivity contribution in [1.29, 1.82) is 0 Å². The fourth-order valence-electron chi connectivity index (χ4n) is 11.6. The summed E-state index contributed by atoms with van der Waals surface area (Å²) < 4.78 is 0. The zero-order valence-corrected chi connectivity index (χ0v) is 24.3. The molecule has 3 aliphatic carbocycles. The van der Waals surface area contributed by atoms with Gasteiger partial charge in [-0.05, 0) is 92.9 Å². The molecule has 16 unspecified atom stereocenters. The first-order valence-electron chi connectivity index (χ1n) is 17.6. The lowest BCUT2D eigenvalue weighted by Gasteiger charge is -2.35. The molecule has 9 fully saturated rings. The quantitative estimate of drug-likeness (QED) is 0.217. The monoisotopic (exact) mass is 553 g/mol. The van der Waals surface area contributed by atoms with Crippen LogP contribution in [0.5, 0.6) is 0 Å². The van der Waals surface area contributed by atoms with Crippen LogP contribution in [0.25, 0.3) is 0 Å². The zero-order chi connectivity index (χ0) is 26.2. The van der Waals surface area contributed by atoms with Gasteiger partial charge in [-0.1, -0.05) is 38.5 Å². The summed E-state index contributed by atoms with van der Waals surface area (Å²) in [7, 11) is 0. The van der Waals surface area contributed by atoms with Crippen molar-refractivity contribution in [2.24, 2.45) is 47.3 Å². The SMILES string of the molecule is C1CCC2C3NC(NC4NC(NC5NC(NC6NC(N3)C3CCCCC63)C3CNCCC53)C3CCCCC43)C2C1. The molecule has 3 saturated carbocycles. The summed E-state index contributed by atoms with van der Waals surface area (Å²) in [4.78, 5) is 0. The minimum Gasteiger partial charge on any atom is -0.316 e. The minimum atomic E-state index is 0.358. The van der Waals surface area contributed by atoms with Gasteiger partial charge in [0.25, 0.3) is 0 Å². The van der Waals surface area contributed by atoms with Crippen LogP contribution in [-0.4, -0.2) is 62.4 Å². The number of piperidine rings is 1. The van der Waals surface area contributed by atoms with Gasteiger partial charge in [0.1, 0.15) is 0 Å². The van der Waals surface area contributed by atoms with E-state index in [4.69, 9.17) is 0 Å². The van der Waals surface area contributed by atoms with E-state index < -0.39 is 0 Å². The van der Waals surface area contributed by atoms with Crippen molar-refractivity contribution < 1.29 is 0 Å². The van der Waals surface area contributed by atoms with Gasteiger partial charge in [0, 0.05) is 12.5 Å². The van der Waals surface area contributed by atoms with E-state index in [0.717, 1.165) is 48.6 Å². The second-order valence-electron chi connectivity index (χ2n) is 15.3. The van der Waals surface area contributed by atoms with Crippen LogP contribution in [0.15, 0.2) is 0 Å². The first kappa shape index (κ1) is 26.1. The highest BCUT2D eigenvalue weighted by Gasteiger charge is 2.54. The standard InChI is InChI=1S/C31H55N9/c1-2-8-17-16(7-1)24-33-25(17)35-27-20-11-5-6-12-21(20)29(37-27)39-31-23-15-32-14-13-22(23)30(40-31)38-28-19-10-4-3-9-18(19)26(34-24)36-28/h16-40H,1-15H2. The molecule has 0 aromatic carbocycles. The zero-order valence-electron chi connectivity index (χ0n) is 24.3. The van der Waals surface area contributed by atoms with Crippen LogP contribution in [0.2, 0.25) is 0 Å². The Morgan fingerprint density at radius 2 is 0.525 bits per heavy atom. The fraction of sp³-hybridized carbons (Fsp3) is 1.00. The van der Waals surface area contributed by atoms with E-state index in [1.54, 1.807) is 0 Å². The molecule has 9 N–H and O–H groups in total. The van der Waals surface area contributed by atoms with E-state index in [0.29, 0.717) is 61.2 Å². The average Bonchev–Trinajstić information content (AvgIpc) is 3.73. The summed E-state index contributed by atoms with van der Waals surface area (Å²) in [6.07, 6.45) is 21.0. The maximum absolute atomic E-state index is 4.25. The molecular formula is C31H55N9. The van der Waals surface area contributed by atoms with Gasteiger partial charge in [0.15, 0.2) is 0 Å². The van der Waals surface area contributed by atoms with Gasteiger partial charge in [-0.25, -0.2) is 0 Å². The molecule has 0 amide bonds. The van der Waals surface area contributed by atoms with Crippen molar-refractivity contribution in [3.8, 4) is 0 Å². The molecular weight excluding hydrogens is 498 g/mol. The summed E-state index contributed by atoms with van der Waals surface area (Å²) >= 11 is 0. The highest BCUT2D eigenvalue weighted by Crippen LogP contribution is 2.44. The molecule has 16 atom stereocenters. The molecule has 6 heterocycles. The Morgan fingerprint density at radius 3 is 0.825 bits per heavy atom. The summed E-state index contributed by atoms with van der Waals surface area (Å²) in [6, 6.07) is 0. The van der Waals surface area contributed by atoms with Crippen molar-refractivity contribution >= 4 is 0 Å². The molecule has 6 saturated heterocycles. The van der Waals surface area contributed by atoms with Crippen LogP contribution >= 0.6 is 0 Å². The Balaban J connectivity index is 1.05. The van der Waals surface area contributed by atoms with E-state index in [9.17, 15) is 0 Å². The van der Waals surface area contributed by atoms with Crippen molar-refractivity contribution in [3.63, 3.8) is 0 Å². The molecule has 0 spiro atoms. The lowest BCUT2D eigenvalue weighted by atomic mass is 9.77. The minimum absolute atomic E-state index is 0.358. The maximum atomic E-state index is 4.25. The van der Waals surface area contributed by atoms with Crippen LogP contribution in [0.4, 0.5) is 0 Å². The Bertz CT molecular complexity index is 711. The van der Waals surface area contributed by atoms with Crippen molar-refractivity contribution in [2.75, 3.05) is 13.1 Å². The first-order chi connectivity index (χ1) is 19.8. The van der Waals surface area contributed by atoms with Gasteiger partial charge >= 0.3 is 0 Å². The van der Waals surface area contributed by atoms with Crippen LogP contribution < -0.4 is 47.9 Å². The first-order valence-corrected chi connectivity index (χ1v) is 17.6. The molecule has 6 aliphatic heterocycles. The summed E-state index contributed by atoms with van der Waals surface area (Å²) in [5, 5.41) is 37.4. The van der Waals surface area contributed by atoms with Gasteiger partial charge in [-0.3, -0.25) is 42.5 Å². The fourth-order valence-corrected chi connectivity index (χ4v) is 11.6. The third kappa shape index (κ3) is 4.36. The molecule has 8 bridgehead atoms. The van der Waals surface area contributed by atoms with E-state index in [1.165, 1.54) is 83.5 Å². The number of fused-ring (bicyclic) bond motifs is 20. The summed E-state index contributed by atoms with van der Waals surface area (Å²) in [6.45, 7) is 2.28. The second-order valence-corrected chi connectivity index (χ2v) is 15.3. The van der Waals surface area contributed by atoms with Gasteiger partial charge in [-0.15, -0.1) is 0 Å². The third-order valence-electron chi connectivity index (χ3n) is 13.5. The maximum Gasteiger partial charge on any atom is 0.0640 e. The predicted octanol–water partition coefficient (Wildman–Crippen LogP) is 1.02. The van der Waals surface area contributed by atoms with Crippen LogP contribution in [0.3, 0.4) is 0 Å². The van der Waals surface area contributed by atoms with Gasteiger partial charge < -0.3 is 5.32 Å². The van der Waals surface area contributed by atoms with E-state index in [2.05, 4.69) is 47.9 Å². The molecule has 9 heteroatoms. The molecule has 9 aliphatic rings. The second kappa shape index (κ2) is 10.7. The van der Waals surface area contributed by atoms with Crippen LogP contribution in [0.1, 0.15) is 83.5 Å². The molecule has 9 rings (SSSR count). The molecule has 0 aromatic heterocycles. The Morgan fingerprint density at radius 1 is 0.275 bits per heavy atom. The molecule has 0 radical (unpaired) electrons. The molecule has 40 heavy (non-hydrogen) atoms. The van der Waals surface area contributed by atoms with Crippen molar-refractivity contribution in [1.82, 2.24) is 47.9 Å². The Hall–Kier alpha value is -0.360. The lowest BCUT2D eigenvalue weighted by molar-refractivity contribution is 0.170. The van der Waals surface area contributed by atoms with E-state index in [-0.39, 0.29) is 0 Å². The highest BCUT2D eigenvalue weighted by molar-refractivity contribution is 5.08. The normalized spacial score (nSPS) is 57.6. The van der Waals surface area contributed by atoms with Gasteiger partial charge in [-0.2, -0.15) is 0 Å². The van der Waals surface area contributed by atoms with E-state index in [1.807, 2.05) is 0 Å². The number of nitrogens with one attached hydrogen (secondary N) is 9. The Kier molecular flexibility index (Phi) is 6.95. The number of hydrogen-bond acceptors (Lipinski definition) is 9. The van der Waals surface area contributed by atoms with Gasteiger partial charge in [0.2, 0.25) is 0 Å². The molecule has 0 aromatic rings. The number of hydrogen-bond donors (Lipinski definition) is 9. The van der Waals surface area contributed by atoms with Crippen LogP contribution in [0, 0.1) is 47.3 Å². The van der Waals surface area contributed by atoms with Gasteiger partial charge in [0.05, 0.1) is 49.3 Å². The summed E-state index contributed by atoms with van der Waals surface area (Å²) in [5.74, 6) is 5.72.